The maximum atomic E-state index is 14.0. The van der Waals surface area contributed by atoms with E-state index >= 15 is 0 Å². The van der Waals surface area contributed by atoms with Crippen molar-refractivity contribution in [2.24, 2.45) is 5.92 Å². The summed E-state index contributed by atoms with van der Waals surface area (Å²) in [6.45, 7) is 4.37. The minimum absolute atomic E-state index is 0.220. The average molecular weight is 313 g/mol. The fourth-order valence-corrected chi connectivity index (χ4v) is 4.98. The predicted molar refractivity (Wildman–Crippen MR) is 87.3 cm³/mol. The van der Waals surface area contributed by atoms with Crippen LogP contribution >= 0.6 is 0 Å². The Kier molecular flexibility index (Phi) is 3.49. The first-order chi connectivity index (χ1) is 11.1. The summed E-state index contributed by atoms with van der Waals surface area (Å²) in [6.07, 6.45) is 2.16. The Balaban J connectivity index is 1.97. The molecule has 1 nitrogen and oxygen atoms in total. The van der Waals surface area contributed by atoms with Crippen LogP contribution in [0.2, 0.25) is 0 Å². The van der Waals surface area contributed by atoms with Crippen molar-refractivity contribution in [1.29, 1.82) is 0 Å². The van der Waals surface area contributed by atoms with E-state index in [4.69, 9.17) is 0 Å². The normalized spacial score (nSPS) is 28.7. The number of hydrogen-bond donors (Lipinski definition) is 0. The van der Waals surface area contributed by atoms with Crippen LogP contribution < -0.4 is 0 Å². The summed E-state index contributed by atoms with van der Waals surface area (Å²) in [5.41, 5.74) is 1.62. The Morgan fingerprint density at radius 1 is 0.913 bits per heavy atom. The first-order valence-electron chi connectivity index (χ1n) is 8.38. The second kappa shape index (κ2) is 5.41. The highest BCUT2D eigenvalue weighted by Gasteiger charge is 2.53. The van der Waals surface area contributed by atoms with Gasteiger partial charge in [0.05, 0.1) is 0 Å². The van der Waals surface area contributed by atoms with Crippen LogP contribution in [0.3, 0.4) is 0 Å². The molecule has 0 saturated carbocycles. The van der Waals surface area contributed by atoms with Crippen LogP contribution in [0.1, 0.15) is 30.9 Å². The van der Waals surface area contributed by atoms with Gasteiger partial charge in [0.2, 0.25) is 0 Å². The van der Waals surface area contributed by atoms with Crippen LogP contribution in [-0.2, 0) is 5.41 Å². The largest absolute Gasteiger partial charge is 0.299 e. The zero-order chi connectivity index (χ0) is 16.0. The lowest BCUT2D eigenvalue weighted by Crippen LogP contribution is -2.63. The Hall–Kier alpha value is -1.74. The van der Waals surface area contributed by atoms with Gasteiger partial charge in [-0.25, -0.2) is 8.78 Å². The second-order valence-electron chi connectivity index (χ2n) is 6.88. The van der Waals surface area contributed by atoms with E-state index in [1.807, 2.05) is 12.1 Å². The van der Waals surface area contributed by atoms with Gasteiger partial charge in [-0.1, -0.05) is 24.3 Å². The first kappa shape index (κ1) is 14.8. The summed E-state index contributed by atoms with van der Waals surface area (Å²) >= 11 is 0. The van der Waals surface area contributed by atoms with Gasteiger partial charge in [0.1, 0.15) is 11.6 Å². The Labute approximate surface area is 135 Å². The molecule has 23 heavy (non-hydrogen) atoms. The number of rotatable bonds is 2. The number of halogens is 2. The van der Waals surface area contributed by atoms with Crippen LogP contribution in [0.25, 0.3) is 0 Å². The summed E-state index contributed by atoms with van der Waals surface area (Å²) < 4.78 is 27.9. The lowest BCUT2D eigenvalue weighted by Gasteiger charge is -2.58. The molecule has 3 heterocycles. The van der Waals surface area contributed by atoms with Crippen molar-refractivity contribution in [3.8, 4) is 0 Å². The quantitative estimate of drug-likeness (QED) is 0.796. The summed E-state index contributed by atoms with van der Waals surface area (Å²) in [4.78, 5) is 2.47. The zero-order valence-electron chi connectivity index (χ0n) is 13.3. The molecule has 3 heteroatoms. The van der Waals surface area contributed by atoms with Gasteiger partial charge < -0.3 is 0 Å². The van der Waals surface area contributed by atoms with E-state index in [-0.39, 0.29) is 23.1 Å². The second-order valence-corrected chi connectivity index (χ2v) is 6.88. The third kappa shape index (κ3) is 2.13. The van der Waals surface area contributed by atoms with Gasteiger partial charge in [-0.3, -0.25) is 4.90 Å². The average Bonchev–Trinajstić information content (AvgIpc) is 2.56. The third-order valence-corrected chi connectivity index (χ3v) is 5.98. The molecule has 0 amide bonds. The molecule has 2 bridgehead atoms. The topological polar surface area (TPSA) is 3.24 Å². The molecule has 0 unspecified atom stereocenters. The van der Waals surface area contributed by atoms with Crippen LogP contribution in [0.5, 0.6) is 0 Å². The monoisotopic (exact) mass is 313 g/mol. The van der Waals surface area contributed by atoms with Crippen molar-refractivity contribution in [3.05, 3.63) is 71.3 Å². The number of fused-ring (bicyclic) bond motifs is 3. The lowest BCUT2D eigenvalue weighted by molar-refractivity contribution is -0.00701. The molecular formula is C20H21F2N. The molecule has 3 aliphatic rings. The summed E-state index contributed by atoms with van der Waals surface area (Å²) in [7, 11) is 0. The van der Waals surface area contributed by atoms with Crippen LogP contribution in [0, 0.1) is 17.6 Å². The van der Waals surface area contributed by atoms with Crippen molar-refractivity contribution in [1.82, 2.24) is 4.90 Å². The zero-order valence-corrected chi connectivity index (χ0v) is 13.3. The maximum Gasteiger partial charge on any atom is 0.123 e. The van der Waals surface area contributed by atoms with Gasteiger partial charge >= 0.3 is 0 Å². The summed E-state index contributed by atoms with van der Waals surface area (Å²) in [5.74, 6) is -0.0186. The van der Waals surface area contributed by atoms with E-state index in [0.717, 1.165) is 37.1 Å². The fraction of sp³-hybridized carbons (Fsp3) is 0.400. The Morgan fingerprint density at radius 2 is 1.43 bits per heavy atom. The molecule has 3 saturated heterocycles. The Morgan fingerprint density at radius 3 is 1.87 bits per heavy atom. The summed E-state index contributed by atoms with van der Waals surface area (Å²) in [5, 5.41) is 0. The van der Waals surface area contributed by atoms with Gasteiger partial charge in [0.25, 0.3) is 0 Å². The van der Waals surface area contributed by atoms with Gasteiger partial charge in [0.15, 0.2) is 0 Å². The number of benzene rings is 2. The highest BCUT2D eigenvalue weighted by atomic mass is 19.1. The van der Waals surface area contributed by atoms with E-state index in [0.29, 0.717) is 5.92 Å². The van der Waals surface area contributed by atoms with Crippen LogP contribution in [0.4, 0.5) is 8.78 Å². The molecule has 0 N–H and O–H groups in total. The Bertz CT molecular complexity index is 670. The molecule has 2 aromatic carbocycles. The molecule has 2 aromatic rings. The molecular weight excluding hydrogens is 292 g/mol. The van der Waals surface area contributed by atoms with E-state index < -0.39 is 0 Å². The minimum Gasteiger partial charge on any atom is -0.299 e. The van der Waals surface area contributed by atoms with Crippen LogP contribution in [0.15, 0.2) is 48.5 Å². The SMILES string of the molecule is C[C@H]1N2CCC(CC2)C1(c1cccc(F)c1)c1cccc(F)c1. The smallest absolute Gasteiger partial charge is 0.123 e. The first-order valence-corrected chi connectivity index (χ1v) is 8.38. The van der Waals surface area contributed by atoms with E-state index in [1.54, 1.807) is 24.3 Å². The fourth-order valence-electron chi connectivity index (χ4n) is 4.98. The van der Waals surface area contributed by atoms with Crippen molar-refractivity contribution in [3.63, 3.8) is 0 Å². The molecule has 120 valence electrons. The molecule has 3 aliphatic heterocycles. The van der Waals surface area contributed by atoms with Crippen LogP contribution in [-0.4, -0.2) is 24.0 Å². The standard InChI is InChI=1S/C20H21F2N/c1-14-20(15-8-10-23(14)11-9-15,16-4-2-6-18(21)12-16)17-5-3-7-19(22)13-17/h2-7,12-15H,8-11H2,1H3/t14-/m1/s1. The van der Waals surface area contributed by atoms with Gasteiger partial charge in [0, 0.05) is 11.5 Å². The highest BCUT2D eigenvalue weighted by Crippen LogP contribution is 2.52. The van der Waals surface area contributed by atoms with Gasteiger partial charge in [-0.05, 0) is 74.2 Å². The van der Waals surface area contributed by atoms with E-state index in [9.17, 15) is 8.78 Å². The summed E-state index contributed by atoms with van der Waals surface area (Å²) in [6, 6.07) is 14.0. The maximum absolute atomic E-state index is 14.0. The van der Waals surface area contributed by atoms with Gasteiger partial charge in [-0.15, -0.1) is 0 Å². The van der Waals surface area contributed by atoms with Gasteiger partial charge in [-0.2, -0.15) is 0 Å². The van der Waals surface area contributed by atoms with E-state index in [2.05, 4.69) is 11.8 Å². The number of piperidine rings is 3. The van der Waals surface area contributed by atoms with Crippen molar-refractivity contribution in [2.75, 3.05) is 13.1 Å². The molecule has 5 rings (SSSR count). The highest BCUT2D eigenvalue weighted by molar-refractivity contribution is 5.44. The minimum atomic E-state index is -0.333. The van der Waals surface area contributed by atoms with Crippen molar-refractivity contribution >= 4 is 0 Å². The molecule has 0 aliphatic carbocycles. The molecule has 3 fully saturated rings. The lowest BCUT2D eigenvalue weighted by atomic mass is 9.55. The predicted octanol–water partition coefficient (Wildman–Crippen LogP) is 4.37. The van der Waals surface area contributed by atoms with E-state index in [1.165, 1.54) is 12.1 Å². The van der Waals surface area contributed by atoms with Crippen molar-refractivity contribution in [2.45, 2.75) is 31.2 Å². The number of hydrogen-bond acceptors (Lipinski definition) is 1. The van der Waals surface area contributed by atoms with Crippen molar-refractivity contribution < 1.29 is 8.78 Å². The molecule has 0 aromatic heterocycles. The third-order valence-electron chi connectivity index (χ3n) is 5.98. The number of nitrogens with zero attached hydrogens (tertiary/aromatic N) is 1. The molecule has 1 atom stereocenters. The molecule has 0 radical (unpaired) electrons. The molecule has 0 spiro atoms.